The maximum Gasteiger partial charge on any atom is 0.240 e. The summed E-state index contributed by atoms with van der Waals surface area (Å²) in [6.07, 6.45) is 3.52. The largest absolute Gasteiger partial charge is 0.378 e. The Hall–Kier alpha value is -1.51. The van der Waals surface area contributed by atoms with E-state index in [1.54, 1.807) is 6.20 Å². The van der Waals surface area contributed by atoms with Crippen molar-refractivity contribution in [3.05, 3.63) is 11.6 Å². The normalized spacial score (nSPS) is 22.8. The van der Waals surface area contributed by atoms with E-state index in [-0.39, 0.29) is 17.7 Å². The molecular weight excluding hydrogens is 316 g/mol. The van der Waals surface area contributed by atoms with Crippen molar-refractivity contribution in [1.29, 1.82) is 0 Å². The molecule has 0 spiro atoms. The van der Waals surface area contributed by atoms with Gasteiger partial charge in [0.05, 0.1) is 25.7 Å². The Bertz CT molecular complexity index is 531. The number of amides is 2. The smallest absolute Gasteiger partial charge is 0.240 e. The zero-order valence-corrected chi connectivity index (χ0v) is 13.9. The predicted molar refractivity (Wildman–Crippen MR) is 87.3 cm³/mol. The second-order valence-electron chi connectivity index (χ2n) is 5.90. The zero-order chi connectivity index (χ0) is 16.1. The number of ether oxygens (including phenoxy) is 1. The summed E-state index contributed by atoms with van der Waals surface area (Å²) >= 11 is 1.40. The van der Waals surface area contributed by atoms with Crippen LogP contribution in [0.3, 0.4) is 0 Å². The van der Waals surface area contributed by atoms with Crippen LogP contribution in [0, 0.1) is 5.92 Å². The summed E-state index contributed by atoms with van der Waals surface area (Å²) in [5.41, 5.74) is 0. The number of rotatable bonds is 4. The lowest BCUT2D eigenvalue weighted by Crippen LogP contribution is -2.49. The fourth-order valence-corrected chi connectivity index (χ4v) is 3.63. The number of nitrogens with zero attached hydrogens (tertiary/aromatic N) is 3. The summed E-state index contributed by atoms with van der Waals surface area (Å²) in [6, 6.07) is 0. The molecule has 0 bridgehead atoms. The molecule has 0 radical (unpaired) electrons. The molecule has 7 nitrogen and oxygen atoms in total. The number of anilines is 1. The molecule has 2 fully saturated rings. The summed E-state index contributed by atoms with van der Waals surface area (Å²) in [6.45, 7) is 4.43. The van der Waals surface area contributed by atoms with Crippen LogP contribution in [0.5, 0.6) is 0 Å². The Kier molecular flexibility index (Phi) is 5.58. The molecule has 126 valence electrons. The van der Waals surface area contributed by atoms with Crippen LogP contribution >= 0.6 is 11.3 Å². The number of nitrogens with one attached hydrogen (secondary N) is 1. The van der Waals surface area contributed by atoms with Crippen molar-refractivity contribution in [1.82, 2.24) is 14.8 Å². The van der Waals surface area contributed by atoms with Gasteiger partial charge in [-0.1, -0.05) is 0 Å². The number of hydrogen-bond donors (Lipinski definition) is 1. The molecule has 2 aliphatic heterocycles. The summed E-state index contributed by atoms with van der Waals surface area (Å²) in [5.74, 6) is 0.132. The van der Waals surface area contributed by atoms with Crippen LogP contribution < -0.4 is 5.32 Å². The molecule has 2 saturated heterocycles. The average molecular weight is 338 g/mol. The van der Waals surface area contributed by atoms with Gasteiger partial charge in [0.1, 0.15) is 0 Å². The lowest BCUT2D eigenvalue weighted by Gasteiger charge is -2.35. The van der Waals surface area contributed by atoms with Crippen LogP contribution in [0.2, 0.25) is 0 Å². The predicted octanol–water partition coefficient (Wildman–Crippen LogP) is 0.652. The van der Waals surface area contributed by atoms with E-state index in [0.717, 1.165) is 19.4 Å². The topological polar surface area (TPSA) is 74.8 Å². The minimum Gasteiger partial charge on any atom is -0.378 e. The number of piperidine rings is 1. The second-order valence-corrected chi connectivity index (χ2v) is 6.79. The van der Waals surface area contributed by atoms with Gasteiger partial charge in [-0.2, -0.15) is 0 Å². The Morgan fingerprint density at radius 3 is 2.91 bits per heavy atom. The number of thiazole rings is 1. The SMILES string of the molecule is O=C(CN1CCC[C@@H](C(=O)N2CCOCC2)C1)Nc1nccs1. The van der Waals surface area contributed by atoms with E-state index in [9.17, 15) is 9.59 Å². The molecule has 0 saturated carbocycles. The van der Waals surface area contributed by atoms with E-state index in [4.69, 9.17) is 4.74 Å². The van der Waals surface area contributed by atoms with E-state index >= 15 is 0 Å². The van der Waals surface area contributed by atoms with Gasteiger partial charge in [0.2, 0.25) is 11.8 Å². The molecule has 2 aliphatic rings. The maximum atomic E-state index is 12.6. The van der Waals surface area contributed by atoms with Crippen LogP contribution in [0.4, 0.5) is 5.13 Å². The first-order valence-electron chi connectivity index (χ1n) is 8.00. The van der Waals surface area contributed by atoms with Crippen molar-refractivity contribution >= 4 is 28.3 Å². The van der Waals surface area contributed by atoms with Crippen molar-refractivity contribution in [3.8, 4) is 0 Å². The number of hydrogen-bond acceptors (Lipinski definition) is 6. The molecule has 0 unspecified atom stereocenters. The van der Waals surface area contributed by atoms with Gasteiger partial charge >= 0.3 is 0 Å². The van der Waals surface area contributed by atoms with E-state index in [1.807, 2.05) is 10.3 Å². The van der Waals surface area contributed by atoms with Gasteiger partial charge in [-0.15, -0.1) is 11.3 Å². The van der Waals surface area contributed by atoms with E-state index in [0.29, 0.717) is 44.5 Å². The van der Waals surface area contributed by atoms with Gasteiger partial charge < -0.3 is 15.0 Å². The van der Waals surface area contributed by atoms with Crippen molar-refractivity contribution in [2.24, 2.45) is 5.92 Å². The molecular formula is C15H22N4O3S. The van der Waals surface area contributed by atoms with Crippen LogP contribution in [-0.4, -0.2) is 72.5 Å². The molecule has 3 rings (SSSR count). The van der Waals surface area contributed by atoms with Gasteiger partial charge in [-0.3, -0.25) is 14.5 Å². The highest BCUT2D eigenvalue weighted by atomic mass is 32.1. The monoisotopic (exact) mass is 338 g/mol. The molecule has 1 atom stereocenters. The highest BCUT2D eigenvalue weighted by Crippen LogP contribution is 2.19. The van der Waals surface area contributed by atoms with Crippen LogP contribution in [-0.2, 0) is 14.3 Å². The summed E-state index contributed by atoms with van der Waals surface area (Å²) in [4.78, 5) is 32.6. The first kappa shape index (κ1) is 16.4. The van der Waals surface area contributed by atoms with Crippen LogP contribution in [0.15, 0.2) is 11.6 Å². The molecule has 0 aromatic carbocycles. The molecule has 3 heterocycles. The minimum atomic E-state index is -0.0700. The Morgan fingerprint density at radius 2 is 2.17 bits per heavy atom. The lowest BCUT2D eigenvalue weighted by molar-refractivity contribution is -0.141. The molecule has 1 aromatic rings. The average Bonchev–Trinajstić information content (AvgIpc) is 3.08. The number of morpholine rings is 1. The highest BCUT2D eigenvalue weighted by Gasteiger charge is 2.30. The van der Waals surface area contributed by atoms with Crippen molar-refractivity contribution in [2.75, 3.05) is 51.3 Å². The van der Waals surface area contributed by atoms with E-state index < -0.39 is 0 Å². The van der Waals surface area contributed by atoms with Gasteiger partial charge in [0, 0.05) is 31.2 Å². The fourth-order valence-electron chi connectivity index (χ4n) is 3.09. The summed E-state index contributed by atoms with van der Waals surface area (Å²) in [7, 11) is 0. The first-order chi connectivity index (χ1) is 11.2. The zero-order valence-electron chi connectivity index (χ0n) is 13.1. The van der Waals surface area contributed by atoms with Crippen molar-refractivity contribution in [2.45, 2.75) is 12.8 Å². The van der Waals surface area contributed by atoms with Crippen molar-refractivity contribution in [3.63, 3.8) is 0 Å². The number of carbonyl (C=O) groups excluding carboxylic acids is 2. The Morgan fingerprint density at radius 1 is 1.35 bits per heavy atom. The number of aromatic nitrogens is 1. The summed E-state index contributed by atoms with van der Waals surface area (Å²) < 4.78 is 5.30. The van der Waals surface area contributed by atoms with Crippen LogP contribution in [0.25, 0.3) is 0 Å². The Labute approximate surface area is 139 Å². The van der Waals surface area contributed by atoms with Crippen molar-refractivity contribution < 1.29 is 14.3 Å². The fraction of sp³-hybridized carbons (Fsp3) is 0.667. The van der Waals surface area contributed by atoms with E-state index in [2.05, 4.69) is 15.2 Å². The van der Waals surface area contributed by atoms with E-state index in [1.165, 1.54) is 11.3 Å². The van der Waals surface area contributed by atoms with Gasteiger partial charge in [0.25, 0.3) is 0 Å². The third kappa shape index (κ3) is 4.49. The first-order valence-corrected chi connectivity index (χ1v) is 8.88. The maximum absolute atomic E-state index is 12.6. The summed E-state index contributed by atoms with van der Waals surface area (Å²) in [5, 5.41) is 5.24. The standard InChI is InChI=1S/C15H22N4O3S/c20-13(17-15-16-3-9-23-15)11-18-4-1-2-12(10-18)14(21)19-5-7-22-8-6-19/h3,9,12H,1-2,4-8,10-11H2,(H,16,17,20)/t12-/m1/s1. The quantitative estimate of drug-likeness (QED) is 0.873. The molecule has 23 heavy (non-hydrogen) atoms. The second kappa shape index (κ2) is 7.85. The molecule has 8 heteroatoms. The van der Waals surface area contributed by atoms with Crippen LogP contribution in [0.1, 0.15) is 12.8 Å². The molecule has 1 aromatic heterocycles. The van der Waals surface area contributed by atoms with Gasteiger partial charge in [-0.25, -0.2) is 4.98 Å². The minimum absolute atomic E-state index is 0.00508. The third-order valence-corrected chi connectivity index (χ3v) is 4.91. The van der Waals surface area contributed by atoms with Gasteiger partial charge in [0.15, 0.2) is 5.13 Å². The number of likely N-dealkylation sites (tertiary alicyclic amines) is 1. The molecule has 2 amide bonds. The Balaban J connectivity index is 1.49. The lowest BCUT2D eigenvalue weighted by atomic mass is 9.96. The van der Waals surface area contributed by atoms with Gasteiger partial charge in [-0.05, 0) is 19.4 Å². The highest BCUT2D eigenvalue weighted by molar-refractivity contribution is 7.13. The number of carbonyl (C=O) groups is 2. The molecule has 0 aliphatic carbocycles. The molecule has 1 N–H and O–H groups in total. The third-order valence-electron chi connectivity index (χ3n) is 4.22.